The molecule has 0 radical (unpaired) electrons. The van der Waals surface area contributed by atoms with Gasteiger partial charge >= 0.3 is 5.69 Å². The largest absolute Gasteiger partial charge is 0.396 e. The predicted octanol–water partition coefficient (Wildman–Crippen LogP) is 2.69. The minimum Gasteiger partial charge on any atom is -0.396 e. The lowest BCUT2D eigenvalue weighted by Crippen LogP contribution is -2.29. The van der Waals surface area contributed by atoms with Crippen molar-refractivity contribution in [3.8, 4) is 0 Å². The average molecular weight is 274 g/mol. The van der Waals surface area contributed by atoms with Gasteiger partial charge in [0.1, 0.15) is 5.82 Å². The van der Waals surface area contributed by atoms with Gasteiger partial charge in [-0.3, -0.25) is 10.1 Å². The zero-order chi connectivity index (χ0) is 14.6. The molecule has 0 bridgehead atoms. The molecule has 1 aromatic carbocycles. The van der Waals surface area contributed by atoms with E-state index in [1.54, 1.807) is 6.92 Å². The van der Waals surface area contributed by atoms with Crippen molar-refractivity contribution >= 4 is 11.4 Å². The van der Waals surface area contributed by atoms with Crippen LogP contribution in [0.4, 0.5) is 20.2 Å². The van der Waals surface area contributed by atoms with Crippen molar-refractivity contribution in [2.24, 2.45) is 5.41 Å². The second-order valence-corrected chi connectivity index (χ2v) is 4.72. The first kappa shape index (κ1) is 15.3. The van der Waals surface area contributed by atoms with E-state index in [0.29, 0.717) is 12.5 Å². The number of nitro groups is 1. The minimum absolute atomic E-state index is 0.110. The Labute approximate surface area is 109 Å². The van der Waals surface area contributed by atoms with Gasteiger partial charge in [0.25, 0.3) is 0 Å². The van der Waals surface area contributed by atoms with Crippen molar-refractivity contribution in [2.45, 2.75) is 20.3 Å². The molecule has 0 spiro atoms. The Kier molecular flexibility index (Phi) is 4.77. The molecule has 1 aromatic rings. The smallest absolute Gasteiger partial charge is 0.307 e. The first-order chi connectivity index (χ1) is 8.83. The third-order valence-electron chi connectivity index (χ3n) is 3.17. The molecule has 19 heavy (non-hydrogen) atoms. The molecule has 0 amide bonds. The van der Waals surface area contributed by atoms with Crippen LogP contribution in [-0.2, 0) is 0 Å². The van der Waals surface area contributed by atoms with E-state index >= 15 is 0 Å². The lowest BCUT2D eigenvalue weighted by atomic mass is 9.88. The van der Waals surface area contributed by atoms with Crippen LogP contribution in [-0.4, -0.2) is 23.2 Å². The Balaban J connectivity index is 2.96. The van der Waals surface area contributed by atoms with Crippen LogP contribution in [0.2, 0.25) is 0 Å². The fourth-order valence-corrected chi connectivity index (χ4v) is 1.41. The summed E-state index contributed by atoms with van der Waals surface area (Å²) in [4.78, 5) is 9.66. The fraction of sp³-hybridized carbons (Fsp3) is 0.500. The number of hydrogen-bond acceptors (Lipinski definition) is 4. The van der Waals surface area contributed by atoms with E-state index in [-0.39, 0.29) is 18.8 Å². The number of benzene rings is 1. The van der Waals surface area contributed by atoms with Gasteiger partial charge in [0, 0.05) is 24.1 Å². The maximum atomic E-state index is 13.5. The van der Waals surface area contributed by atoms with Gasteiger partial charge in [-0.1, -0.05) is 13.8 Å². The zero-order valence-corrected chi connectivity index (χ0v) is 10.7. The summed E-state index contributed by atoms with van der Waals surface area (Å²) in [6.45, 7) is 3.76. The standard InChI is InChI=1S/C12H16F2N2O3/c1-3-12(2,7-17)6-15-10-5-11(16(18)19)9(14)4-8(10)13/h4-5,15,17H,3,6-7H2,1-2H3. The Bertz CT molecular complexity index is 476. The number of aliphatic hydroxyl groups is 1. The minimum atomic E-state index is -1.21. The molecule has 0 heterocycles. The van der Waals surface area contributed by atoms with Crippen LogP contribution >= 0.6 is 0 Å². The maximum Gasteiger partial charge on any atom is 0.307 e. The second-order valence-electron chi connectivity index (χ2n) is 4.72. The maximum absolute atomic E-state index is 13.5. The summed E-state index contributed by atoms with van der Waals surface area (Å²) in [7, 11) is 0. The van der Waals surface area contributed by atoms with Crippen LogP contribution < -0.4 is 5.32 Å². The van der Waals surface area contributed by atoms with E-state index < -0.39 is 27.7 Å². The van der Waals surface area contributed by atoms with Gasteiger partial charge in [-0.25, -0.2) is 4.39 Å². The number of nitrogens with zero attached hydrogens (tertiary/aromatic N) is 1. The molecule has 106 valence electrons. The second kappa shape index (κ2) is 5.92. The molecule has 0 aromatic heterocycles. The molecule has 2 N–H and O–H groups in total. The number of aliphatic hydroxyl groups excluding tert-OH is 1. The number of halogens is 2. The van der Waals surface area contributed by atoms with Crippen molar-refractivity contribution in [1.82, 2.24) is 0 Å². The van der Waals surface area contributed by atoms with Gasteiger partial charge < -0.3 is 10.4 Å². The fourth-order valence-electron chi connectivity index (χ4n) is 1.41. The lowest BCUT2D eigenvalue weighted by Gasteiger charge is -2.26. The van der Waals surface area contributed by atoms with Crippen molar-refractivity contribution in [1.29, 1.82) is 0 Å². The Morgan fingerprint density at radius 2 is 2.05 bits per heavy atom. The first-order valence-electron chi connectivity index (χ1n) is 5.81. The van der Waals surface area contributed by atoms with E-state index in [9.17, 15) is 24.0 Å². The molecule has 0 saturated carbocycles. The summed E-state index contributed by atoms with van der Waals surface area (Å²) >= 11 is 0. The van der Waals surface area contributed by atoms with Crippen molar-refractivity contribution in [3.05, 3.63) is 33.9 Å². The Morgan fingerprint density at radius 3 is 2.53 bits per heavy atom. The van der Waals surface area contributed by atoms with E-state index in [1.807, 2.05) is 6.92 Å². The van der Waals surface area contributed by atoms with Gasteiger partial charge in [0.15, 0.2) is 0 Å². The van der Waals surface area contributed by atoms with Gasteiger partial charge in [0.2, 0.25) is 5.82 Å². The summed E-state index contributed by atoms with van der Waals surface area (Å²) in [6, 6.07) is 1.29. The quantitative estimate of drug-likeness (QED) is 0.617. The monoisotopic (exact) mass is 274 g/mol. The van der Waals surface area contributed by atoms with Gasteiger partial charge in [-0.2, -0.15) is 4.39 Å². The van der Waals surface area contributed by atoms with Gasteiger partial charge in [-0.05, 0) is 6.42 Å². The first-order valence-corrected chi connectivity index (χ1v) is 5.81. The van der Waals surface area contributed by atoms with E-state index in [0.717, 1.165) is 6.07 Å². The van der Waals surface area contributed by atoms with Crippen LogP contribution in [0.5, 0.6) is 0 Å². The summed E-state index contributed by atoms with van der Waals surface area (Å²) in [5, 5.41) is 22.5. The number of rotatable bonds is 6. The molecule has 0 fully saturated rings. The zero-order valence-electron chi connectivity index (χ0n) is 10.7. The molecule has 5 nitrogen and oxygen atoms in total. The van der Waals surface area contributed by atoms with Crippen LogP contribution in [0.15, 0.2) is 12.1 Å². The highest BCUT2D eigenvalue weighted by molar-refractivity contribution is 5.53. The number of hydrogen-bond donors (Lipinski definition) is 2. The summed E-state index contributed by atoms with van der Waals surface area (Å²) < 4.78 is 26.6. The Hall–Kier alpha value is -1.76. The van der Waals surface area contributed by atoms with E-state index in [2.05, 4.69) is 5.32 Å². The van der Waals surface area contributed by atoms with E-state index in [1.165, 1.54) is 0 Å². The molecular formula is C12H16F2N2O3. The highest BCUT2D eigenvalue weighted by Gasteiger charge is 2.23. The SMILES string of the molecule is CCC(C)(CO)CNc1cc([N+](=O)[O-])c(F)cc1F. The predicted molar refractivity (Wildman–Crippen MR) is 67.0 cm³/mol. The van der Waals surface area contributed by atoms with Gasteiger partial charge in [0.05, 0.1) is 17.2 Å². The van der Waals surface area contributed by atoms with E-state index in [4.69, 9.17) is 0 Å². The van der Waals surface area contributed by atoms with Crippen molar-refractivity contribution in [3.63, 3.8) is 0 Å². The molecular weight excluding hydrogens is 258 g/mol. The number of anilines is 1. The number of nitro benzene ring substituents is 1. The summed E-state index contributed by atoms with van der Waals surface area (Å²) in [5.41, 5.74) is -1.41. The van der Waals surface area contributed by atoms with Crippen LogP contribution in [0.1, 0.15) is 20.3 Å². The molecule has 0 aliphatic carbocycles. The molecule has 0 saturated heterocycles. The third-order valence-corrected chi connectivity index (χ3v) is 3.17. The van der Waals surface area contributed by atoms with Crippen LogP contribution in [0.3, 0.4) is 0 Å². The molecule has 1 unspecified atom stereocenters. The van der Waals surface area contributed by atoms with Crippen LogP contribution in [0.25, 0.3) is 0 Å². The molecule has 1 rings (SSSR count). The average Bonchev–Trinajstić information content (AvgIpc) is 2.37. The highest BCUT2D eigenvalue weighted by atomic mass is 19.1. The third kappa shape index (κ3) is 3.60. The topological polar surface area (TPSA) is 75.4 Å². The van der Waals surface area contributed by atoms with Crippen molar-refractivity contribution < 1.29 is 18.8 Å². The Morgan fingerprint density at radius 1 is 1.42 bits per heavy atom. The molecule has 1 atom stereocenters. The summed E-state index contributed by atoms with van der Waals surface area (Å²) in [5.74, 6) is -2.12. The van der Waals surface area contributed by atoms with Gasteiger partial charge in [-0.15, -0.1) is 0 Å². The molecule has 0 aliphatic heterocycles. The highest BCUT2D eigenvalue weighted by Crippen LogP contribution is 2.27. The molecule has 7 heteroatoms. The van der Waals surface area contributed by atoms with Crippen molar-refractivity contribution in [2.75, 3.05) is 18.5 Å². The lowest BCUT2D eigenvalue weighted by molar-refractivity contribution is -0.387. The summed E-state index contributed by atoms with van der Waals surface area (Å²) in [6.07, 6.45) is 0.640. The normalized spacial score (nSPS) is 13.9. The molecule has 0 aliphatic rings. The van der Waals surface area contributed by atoms with Crippen LogP contribution in [0, 0.1) is 27.2 Å². The number of nitrogens with one attached hydrogen (secondary N) is 1.